The summed E-state index contributed by atoms with van der Waals surface area (Å²) in [5.74, 6) is 0.921. The molecule has 0 spiro atoms. The van der Waals surface area contributed by atoms with E-state index in [0.29, 0.717) is 6.42 Å². The van der Waals surface area contributed by atoms with Crippen molar-refractivity contribution >= 4 is 0 Å². The lowest BCUT2D eigenvalue weighted by atomic mass is 9.86. The number of benzene rings is 2. The van der Waals surface area contributed by atoms with Crippen LogP contribution in [-0.2, 0) is 24.0 Å². The molecule has 5 heteroatoms. The summed E-state index contributed by atoms with van der Waals surface area (Å²) >= 11 is 0. The Labute approximate surface area is 178 Å². The van der Waals surface area contributed by atoms with Crippen LogP contribution < -0.4 is 4.74 Å². The van der Waals surface area contributed by atoms with Gasteiger partial charge < -0.3 is 24.8 Å². The maximum Gasteiger partial charge on any atom is 0.126 e. The number of aliphatic hydroxyl groups excluding tert-OH is 3. The van der Waals surface area contributed by atoms with Crippen LogP contribution >= 0.6 is 0 Å². The van der Waals surface area contributed by atoms with Gasteiger partial charge in [0.2, 0.25) is 0 Å². The van der Waals surface area contributed by atoms with Crippen LogP contribution in [0.1, 0.15) is 59.8 Å². The fourth-order valence-corrected chi connectivity index (χ4v) is 4.68. The molecular weight excluding hydrogens is 380 g/mol. The zero-order valence-electron chi connectivity index (χ0n) is 18.0. The SMILES string of the molecule is CCc1ccc(Cc2cc(C3CC(O)[C@H](O)C(CO)O3)c3c(c2C)OC(C)C3)cc1. The van der Waals surface area contributed by atoms with Crippen LogP contribution in [0.2, 0.25) is 0 Å². The highest BCUT2D eigenvalue weighted by atomic mass is 16.5. The number of hydrogen-bond donors (Lipinski definition) is 3. The lowest BCUT2D eigenvalue weighted by Crippen LogP contribution is -2.47. The average molecular weight is 413 g/mol. The minimum absolute atomic E-state index is 0.0873. The molecule has 2 heterocycles. The van der Waals surface area contributed by atoms with Gasteiger partial charge in [0.25, 0.3) is 0 Å². The Hall–Kier alpha value is -1.92. The third-order valence-electron chi connectivity index (χ3n) is 6.51. The number of hydrogen-bond acceptors (Lipinski definition) is 5. The molecule has 30 heavy (non-hydrogen) atoms. The van der Waals surface area contributed by atoms with E-state index in [4.69, 9.17) is 9.47 Å². The van der Waals surface area contributed by atoms with Gasteiger partial charge in [-0.2, -0.15) is 0 Å². The molecule has 4 unspecified atom stereocenters. The van der Waals surface area contributed by atoms with Gasteiger partial charge in [-0.1, -0.05) is 37.3 Å². The van der Waals surface area contributed by atoms with Crippen LogP contribution in [0.3, 0.4) is 0 Å². The van der Waals surface area contributed by atoms with Crippen molar-refractivity contribution in [2.75, 3.05) is 6.61 Å². The molecule has 2 aromatic carbocycles. The first-order chi connectivity index (χ1) is 14.4. The molecule has 0 aromatic heterocycles. The van der Waals surface area contributed by atoms with Crippen molar-refractivity contribution in [3.05, 3.63) is 63.7 Å². The summed E-state index contributed by atoms with van der Waals surface area (Å²) in [6.45, 7) is 5.99. The van der Waals surface area contributed by atoms with E-state index < -0.39 is 18.3 Å². The van der Waals surface area contributed by atoms with Gasteiger partial charge in [-0.25, -0.2) is 0 Å². The molecular formula is C25H32O5. The normalized spacial score (nSPS) is 28.3. The van der Waals surface area contributed by atoms with E-state index in [1.165, 1.54) is 16.7 Å². The summed E-state index contributed by atoms with van der Waals surface area (Å²) < 4.78 is 12.2. The number of aliphatic hydroxyl groups is 3. The van der Waals surface area contributed by atoms with Crippen molar-refractivity contribution in [2.45, 2.75) is 77.0 Å². The van der Waals surface area contributed by atoms with E-state index in [1.807, 2.05) is 0 Å². The van der Waals surface area contributed by atoms with Gasteiger partial charge in [0.05, 0.1) is 18.8 Å². The van der Waals surface area contributed by atoms with Crippen LogP contribution in [-0.4, -0.2) is 46.3 Å². The molecule has 0 amide bonds. The fourth-order valence-electron chi connectivity index (χ4n) is 4.68. The van der Waals surface area contributed by atoms with Crippen LogP contribution in [0.25, 0.3) is 0 Å². The summed E-state index contributed by atoms with van der Waals surface area (Å²) in [5, 5.41) is 30.1. The molecule has 5 atom stereocenters. The molecule has 0 radical (unpaired) electrons. The van der Waals surface area contributed by atoms with Crippen molar-refractivity contribution in [3.8, 4) is 5.75 Å². The van der Waals surface area contributed by atoms with Gasteiger partial charge in [-0.05, 0) is 54.5 Å². The van der Waals surface area contributed by atoms with Gasteiger partial charge in [0.1, 0.15) is 24.1 Å². The predicted octanol–water partition coefficient (Wildman–Crippen LogP) is 3.02. The number of aryl methyl sites for hydroxylation is 1. The van der Waals surface area contributed by atoms with E-state index in [-0.39, 0.29) is 18.8 Å². The molecule has 0 aliphatic carbocycles. The second kappa shape index (κ2) is 8.67. The molecule has 162 valence electrons. The number of rotatable bonds is 5. The van der Waals surface area contributed by atoms with E-state index in [1.54, 1.807) is 0 Å². The number of fused-ring (bicyclic) bond motifs is 1. The Morgan fingerprint density at radius 2 is 1.80 bits per heavy atom. The minimum Gasteiger partial charge on any atom is -0.490 e. The zero-order valence-corrected chi connectivity index (χ0v) is 18.0. The Morgan fingerprint density at radius 3 is 2.47 bits per heavy atom. The molecule has 0 bridgehead atoms. The molecule has 4 rings (SSSR count). The average Bonchev–Trinajstić information content (AvgIpc) is 3.14. The quantitative estimate of drug-likeness (QED) is 0.704. The molecule has 1 saturated heterocycles. The first kappa shape index (κ1) is 21.3. The monoisotopic (exact) mass is 412 g/mol. The van der Waals surface area contributed by atoms with E-state index in [0.717, 1.165) is 41.7 Å². The van der Waals surface area contributed by atoms with Crippen molar-refractivity contribution in [1.82, 2.24) is 0 Å². The minimum atomic E-state index is -1.07. The summed E-state index contributed by atoms with van der Waals surface area (Å²) in [6.07, 6.45) is -0.192. The smallest absolute Gasteiger partial charge is 0.126 e. The van der Waals surface area contributed by atoms with Gasteiger partial charge in [-0.3, -0.25) is 0 Å². The van der Waals surface area contributed by atoms with Crippen LogP contribution in [0, 0.1) is 6.92 Å². The lowest BCUT2D eigenvalue weighted by Gasteiger charge is -2.37. The van der Waals surface area contributed by atoms with Gasteiger partial charge >= 0.3 is 0 Å². The predicted molar refractivity (Wildman–Crippen MR) is 115 cm³/mol. The molecule has 2 aromatic rings. The highest BCUT2D eigenvalue weighted by molar-refractivity contribution is 5.54. The first-order valence-electron chi connectivity index (χ1n) is 10.9. The highest BCUT2D eigenvalue weighted by Gasteiger charge is 2.39. The molecule has 0 saturated carbocycles. The summed E-state index contributed by atoms with van der Waals surface area (Å²) in [5.41, 5.74) is 7.00. The largest absolute Gasteiger partial charge is 0.490 e. The van der Waals surface area contributed by atoms with Crippen molar-refractivity contribution < 1.29 is 24.8 Å². The van der Waals surface area contributed by atoms with Gasteiger partial charge in [0.15, 0.2) is 0 Å². The van der Waals surface area contributed by atoms with Crippen molar-refractivity contribution in [3.63, 3.8) is 0 Å². The third kappa shape index (κ3) is 4.00. The van der Waals surface area contributed by atoms with E-state index in [2.05, 4.69) is 51.1 Å². The molecule has 1 fully saturated rings. The first-order valence-corrected chi connectivity index (χ1v) is 10.9. The van der Waals surface area contributed by atoms with E-state index >= 15 is 0 Å². The van der Waals surface area contributed by atoms with Crippen molar-refractivity contribution in [2.24, 2.45) is 0 Å². The Kier molecular flexibility index (Phi) is 6.16. The maximum atomic E-state index is 10.3. The molecule has 3 N–H and O–H groups in total. The van der Waals surface area contributed by atoms with Gasteiger partial charge in [0, 0.05) is 18.4 Å². The third-order valence-corrected chi connectivity index (χ3v) is 6.51. The lowest BCUT2D eigenvalue weighted by molar-refractivity contribution is -0.181. The van der Waals surface area contributed by atoms with Crippen molar-refractivity contribution in [1.29, 1.82) is 0 Å². The number of ether oxygens (including phenoxy) is 2. The molecule has 5 nitrogen and oxygen atoms in total. The summed E-state index contributed by atoms with van der Waals surface area (Å²) in [7, 11) is 0. The fraction of sp³-hybridized carbons (Fsp3) is 0.520. The standard InChI is InChI=1S/C25H32O5/c1-4-16-5-7-17(8-6-16)10-18-11-19(20-9-14(2)29-25(20)15(18)3)22-12-21(27)24(28)23(13-26)30-22/h5-8,11,14,21-24,26-28H,4,9-10,12-13H2,1-3H3/t14?,21?,22?,23?,24-/m0/s1. The molecule has 2 aliphatic heterocycles. The Balaban J connectivity index is 1.71. The van der Waals surface area contributed by atoms with Crippen LogP contribution in [0.5, 0.6) is 5.75 Å². The maximum absolute atomic E-state index is 10.3. The molecule has 2 aliphatic rings. The Morgan fingerprint density at radius 1 is 1.10 bits per heavy atom. The summed E-state index contributed by atoms with van der Waals surface area (Å²) in [4.78, 5) is 0. The van der Waals surface area contributed by atoms with Crippen LogP contribution in [0.15, 0.2) is 30.3 Å². The second-order valence-electron chi connectivity index (χ2n) is 8.68. The Bertz CT molecular complexity index is 891. The highest BCUT2D eigenvalue weighted by Crippen LogP contribution is 2.43. The van der Waals surface area contributed by atoms with Gasteiger partial charge in [-0.15, -0.1) is 0 Å². The summed E-state index contributed by atoms with van der Waals surface area (Å²) in [6, 6.07) is 10.9. The topological polar surface area (TPSA) is 79.2 Å². The zero-order chi connectivity index (χ0) is 21.4. The van der Waals surface area contributed by atoms with E-state index in [9.17, 15) is 15.3 Å². The second-order valence-corrected chi connectivity index (χ2v) is 8.68. The van der Waals surface area contributed by atoms with Crippen LogP contribution in [0.4, 0.5) is 0 Å².